The molecule has 1 unspecified atom stereocenters. The molecule has 0 aromatic carbocycles. The van der Waals surface area contributed by atoms with Crippen LogP contribution < -0.4 is 79.8 Å². The number of aryl methyl sites for hydroxylation is 1. The van der Waals surface area contributed by atoms with Gasteiger partial charge < -0.3 is 22.4 Å². The molecule has 0 saturated heterocycles. The Labute approximate surface area is 249 Å². The van der Waals surface area contributed by atoms with Gasteiger partial charge in [-0.15, -0.1) is 0 Å². The van der Waals surface area contributed by atoms with Gasteiger partial charge >= 0.3 is 68.9 Å². The van der Waals surface area contributed by atoms with Gasteiger partial charge in [-0.1, -0.05) is 25.2 Å². The number of carbonyl (C=O) groups is 1. The van der Waals surface area contributed by atoms with Crippen molar-refractivity contribution in [3.63, 3.8) is 0 Å². The van der Waals surface area contributed by atoms with Crippen LogP contribution in [0.15, 0.2) is 52.5 Å². The SMILES string of the molecule is C/C=C/C(=C\C(C)=C\c1cc2cnc(NC(=O)C3CC3)cc2n(C)c1=O)C(O)CC.[CH3-].[Cs+]. The molecule has 1 saturated carbocycles. The Balaban J connectivity index is 0.00000256. The summed E-state index contributed by atoms with van der Waals surface area (Å²) in [5.41, 5.74) is 2.80. The number of fused-ring (bicyclic) bond motifs is 1. The second-order valence-electron chi connectivity index (χ2n) is 7.81. The summed E-state index contributed by atoms with van der Waals surface area (Å²) < 4.78 is 1.57. The van der Waals surface area contributed by atoms with E-state index < -0.39 is 6.10 Å². The second kappa shape index (κ2) is 13.1. The number of aliphatic hydroxyl groups is 1. The van der Waals surface area contributed by atoms with Crippen LogP contribution in [0, 0.1) is 13.3 Å². The van der Waals surface area contributed by atoms with Crippen LogP contribution in [0.4, 0.5) is 5.82 Å². The summed E-state index contributed by atoms with van der Waals surface area (Å²) in [7, 11) is 1.71. The van der Waals surface area contributed by atoms with Gasteiger partial charge in [0.05, 0.1) is 11.6 Å². The average Bonchev–Trinajstić information content (AvgIpc) is 3.57. The number of aromatic nitrogens is 2. The monoisotopic (exact) mass is 555 g/mol. The van der Waals surface area contributed by atoms with Gasteiger partial charge in [0.15, 0.2) is 0 Å². The molecule has 3 rings (SSSR count). The molecule has 1 fully saturated rings. The molecule has 0 aliphatic heterocycles. The predicted octanol–water partition coefficient (Wildman–Crippen LogP) is 1.41. The fraction of sp³-hybridized carbons (Fsp3) is 0.360. The van der Waals surface area contributed by atoms with E-state index in [9.17, 15) is 14.7 Å². The summed E-state index contributed by atoms with van der Waals surface area (Å²) in [6.45, 7) is 5.74. The quantitative estimate of drug-likeness (QED) is 0.400. The van der Waals surface area contributed by atoms with E-state index in [0.717, 1.165) is 29.4 Å². The van der Waals surface area contributed by atoms with Crippen LogP contribution in [0.5, 0.6) is 0 Å². The van der Waals surface area contributed by atoms with Crippen molar-refractivity contribution in [2.45, 2.75) is 46.1 Å². The Hall–Kier alpha value is -0.938. The summed E-state index contributed by atoms with van der Waals surface area (Å²) >= 11 is 0. The molecule has 2 aromatic heterocycles. The van der Waals surface area contributed by atoms with E-state index in [-0.39, 0.29) is 93.7 Å². The summed E-state index contributed by atoms with van der Waals surface area (Å²) in [5.74, 6) is 0.537. The van der Waals surface area contributed by atoms with Gasteiger partial charge in [0.2, 0.25) is 5.91 Å². The number of pyridine rings is 2. The molecule has 0 spiro atoms. The molecule has 1 aliphatic carbocycles. The maximum absolute atomic E-state index is 12.9. The van der Waals surface area contributed by atoms with Crippen LogP contribution in [0.2, 0.25) is 0 Å². The van der Waals surface area contributed by atoms with E-state index in [4.69, 9.17) is 0 Å². The number of anilines is 1. The first-order valence-electron chi connectivity index (χ1n) is 10.3. The fourth-order valence-corrected chi connectivity index (χ4v) is 3.37. The molecule has 32 heavy (non-hydrogen) atoms. The maximum Gasteiger partial charge on any atom is 1.00 e. The van der Waals surface area contributed by atoms with Crippen LogP contribution >= 0.6 is 0 Å². The Morgan fingerprint density at radius 2 is 2.06 bits per heavy atom. The smallest absolute Gasteiger partial charge is 0.388 e. The molecule has 2 N–H and O–H groups in total. The molecule has 2 heterocycles. The third-order valence-electron chi connectivity index (χ3n) is 5.24. The number of nitrogens with zero attached hydrogens (tertiary/aromatic N) is 2. The van der Waals surface area contributed by atoms with Gasteiger partial charge in [0.25, 0.3) is 5.56 Å². The van der Waals surface area contributed by atoms with Crippen molar-refractivity contribution in [2.75, 3.05) is 5.32 Å². The van der Waals surface area contributed by atoms with Gasteiger partial charge in [0.1, 0.15) is 5.82 Å². The first-order valence-corrected chi connectivity index (χ1v) is 10.3. The minimum atomic E-state index is -0.544. The molecule has 0 bridgehead atoms. The van der Waals surface area contributed by atoms with Crippen molar-refractivity contribution in [1.29, 1.82) is 0 Å². The number of amides is 1. The Bertz CT molecular complexity index is 1110. The molecule has 1 aliphatic rings. The molecular weight excluding hydrogens is 523 g/mol. The largest absolute Gasteiger partial charge is 1.00 e. The fourth-order valence-electron chi connectivity index (χ4n) is 3.37. The number of carbonyl (C=O) groups excluding carboxylic acids is 1. The minimum absolute atomic E-state index is 0. The van der Waals surface area contributed by atoms with Crippen LogP contribution in [0.25, 0.3) is 17.0 Å². The van der Waals surface area contributed by atoms with Crippen LogP contribution in [-0.4, -0.2) is 26.7 Å². The third-order valence-corrected chi connectivity index (χ3v) is 5.24. The number of rotatable bonds is 7. The van der Waals surface area contributed by atoms with E-state index in [1.807, 2.05) is 45.1 Å². The molecule has 7 heteroatoms. The van der Waals surface area contributed by atoms with Gasteiger partial charge in [-0.25, -0.2) is 4.98 Å². The van der Waals surface area contributed by atoms with Crippen LogP contribution in [0.1, 0.15) is 45.6 Å². The van der Waals surface area contributed by atoms with E-state index >= 15 is 0 Å². The topological polar surface area (TPSA) is 84.2 Å². The van der Waals surface area contributed by atoms with Crippen molar-refractivity contribution in [2.24, 2.45) is 13.0 Å². The normalized spacial score (nSPS) is 15.3. The molecule has 6 nitrogen and oxygen atoms in total. The first kappa shape index (κ1) is 29.1. The Kier molecular flexibility index (Phi) is 11.9. The number of allylic oxidation sites excluding steroid dienone is 3. The van der Waals surface area contributed by atoms with Crippen molar-refractivity contribution in [3.05, 3.63) is 71.0 Å². The maximum atomic E-state index is 12.9. The van der Waals surface area contributed by atoms with E-state index in [2.05, 4.69) is 10.3 Å². The van der Waals surface area contributed by atoms with Gasteiger partial charge in [0, 0.05) is 36.2 Å². The zero-order valence-corrected chi connectivity index (χ0v) is 26.3. The third kappa shape index (κ3) is 7.28. The van der Waals surface area contributed by atoms with Crippen LogP contribution in [-0.2, 0) is 11.8 Å². The van der Waals surface area contributed by atoms with Gasteiger partial charge in [-0.05, 0) is 56.4 Å². The van der Waals surface area contributed by atoms with Crippen molar-refractivity contribution >= 4 is 28.7 Å². The summed E-state index contributed by atoms with van der Waals surface area (Å²) in [6, 6.07) is 3.54. The molecular formula is C25H32CsN3O3. The van der Waals surface area contributed by atoms with E-state index in [0.29, 0.717) is 23.3 Å². The molecule has 2 aromatic rings. The Morgan fingerprint density at radius 1 is 1.38 bits per heavy atom. The summed E-state index contributed by atoms with van der Waals surface area (Å²) in [4.78, 5) is 29.2. The average molecular weight is 555 g/mol. The predicted molar refractivity (Wildman–Crippen MR) is 128 cm³/mol. The van der Waals surface area contributed by atoms with Crippen molar-refractivity contribution < 1.29 is 78.8 Å². The van der Waals surface area contributed by atoms with Crippen molar-refractivity contribution in [1.82, 2.24) is 9.55 Å². The molecule has 166 valence electrons. The second-order valence-corrected chi connectivity index (χ2v) is 7.81. The zero-order valence-electron chi connectivity index (χ0n) is 20.0. The van der Waals surface area contributed by atoms with E-state index in [1.54, 1.807) is 29.9 Å². The van der Waals surface area contributed by atoms with E-state index in [1.165, 1.54) is 0 Å². The zero-order chi connectivity index (χ0) is 21.8. The standard InChI is InChI=1S/C24H29N3O3.CH3.Cs/c1-5-7-17(21(28)6-2)10-15(3)11-18-12-19-14-25-22(26-23(29)16-8-9-16)13-20(19)27(4)24(18)30;;/h5,7,10-14,16,21,28H,6,8-9H2,1-4H3,(H,25,26,29);1H3;/q;-1;+1/b7-5+,15-11+,17-10+;;. The number of hydrogen-bond donors (Lipinski definition) is 2. The summed E-state index contributed by atoms with van der Waals surface area (Å²) in [5, 5.41) is 13.8. The number of hydrogen-bond acceptors (Lipinski definition) is 4. The van der Waals surface area contributed by atoms with Crippen LogP contribution in [0.3, 0.4) is 0 Å². The molecule has 0 radical (unpaired) electrons. The van der Waals surface area contributed by atoms with Gasteiger partial charge in [-0.2, -0.15) is 0 Å². The van der Waals surface area contributed by atoms with Crippen molar-refractivity contribution in [3.8, 4) is 0 Å². The van der Waals surface area contributed by atoms with Gasteiger partial charge in [-0.3, -0.25) is 9.59 Å². The summed E-state index contributed by atoms with van der Waals surface area (Å²) in [6.07, 6.45) is 11.1. The molecule has 1 atom stereocenters. The Morgan fingerprint density at radius 3 is 2.66 bits per heavy atom. The first-order chi connectivity index (χ1) is 14.3. The number of nitrogens with one attached hydrogen (secondary N) is 1. The molecule has 1 amide bonds. The minimum Gasteiger partial charge on any atom is -0.388 e. The number of aliphatic hydroxyl groups excluding tert-OH is 1.